The van der Waals surface area contributed by atoms with Crippen LogP contribution in [-0.2, 0) is 0 Å². The molecule has 0 aliphatic carbocycles. The van der Waals surface area contributed by atoms with E-state index in [4.69, 9.17) is 9.97 Å². The van der Waals surface area contributed by atoms with Crippen molar-refractivity contribution in [1.82, 2.24) is 9.97 Å². The van der Waals surface area contributed by atoms with Gasteiger partial charge in [-0.25, -0.2) is 0 Å². The van der Waals surface area contributed by atoms with E-state index in [-0.39, 0.29) is 5.92 Å². The predicted octanol–water partition coefficient (Wildman–Crippen LogP) is 5.90. The zero-order chi connectivity index (χ0) is 20.5. The maximum absolute atomic E-state index is 9.42. The van der Waals surface area contributed by atoms with Gasteiger partial charge >= 0.3 is 168 Å². The molecule has 3 aromatic rings. The van der Waals surface area contributed by atoms with Crippen molar-refractivity contribution in [3.63, 3.8) is 0 Å². The molecule has 0 N–H and O–H groups in total. The van der Waals surface area contributed by atoms with Crippen molar-refractivity contribution in [2.24, 2.45) is 0 Å². The quantitative estimate of drug-likeness (QED) is 0.480. The number of aryl methyl sites for hydroxylation is 1. The van der Waals surface area contributed by atoms with E-state index in [1.54, 1.807) is 0 Å². The number of benzene rings is 1. The molecule has 2 unspecified atom stereocenters. The van der Waals surface area contributed by atoms with Crippen LogP contribution in [0.5, 0.6) is 0 Å². The Morgan fingerprint density at radius 1 is 0.963 bits per heavy atom. The van der Waals surface area contributed by atoms with Gasteiger partial charge in [0.25, 0.3) is 0 Å². The van der Waals surface area contributed by atoms with Crippen LogP contribution in [0.15, 0.2) is 60.8 Å². The third kappa shape index (κ3) is 4.49. The van der Waals surface area contributed by atoms with Crippen molar-refractivity contribution in [2.45, 2.75) is 49.9 Å². The monoisotopic (exact) mass is 421 g/mol. The van der Waals surface area contributed by atoms with Crippen LogP contribution in [0.25, 0.3) is 11.3 Å². The van der Waals surface area contributed by atoms with E-state index >= 15 is 0 Å². The molecule has 0 aliphatic heterocycles. The van der Waals surface area contributed by atoms with Gasteiger partial charge in [-0.15, -0.1) is 0 Å². The first-order chi connectivity index (χ1) is 13.1. The first kappa shape index (κ1) is 18.4. The second-order valence-electron chi connectivity index (χ2n) is 8.34. The summed E-state index contributed by atoms with van der Waals surface area (Å²) in [6.45, 7) is 6.16. The number of hydrogen-bond donors (Lipinski definition) is 0. The van der Waals surface area contributed by atoms with E-state index in [0.29, 0.717) is 0 Å². The molecule has 0 amide bonds. The molecule has 2 heterocycles. The fourth-order valence-corrected chi connectivity index (χ4v) is 6.61. The van der Waals surface area contributed by atoms with Gasteiger partial charge in [-0.05, 0) is 0 Å². The Balaban J connectivity index is 2.16. The Labute approximate surface area is 167 Å². The van der Waals surface area contributed by atoms with Gasteiger partial charge in [0.05, 0.1) is 0 Å². The van der Waals surface area contributed by atoms with Gasteiger partial charge in [-0.2, -0.15) is 0 Å². The molecule has 0 spiro atoms. The van der Waals surface area contributed by atoms with Gasteiger partial charge < -0.3 is 0 Å². The predicted molar refractivity (Wildman–Crippen MR) is 118 cm³/mol. The summed E-state index contributed by atoms with van der Waals surface area (Å²) in [6, 6.07) is 18.5. The minimum absolute atomic E-state index is 0.0260. The third-order valence-corrected chi connectivity index (χ3v) is 9.44. The number of hydrogen-bond acceptors (Lipinski definition) is 2. The molecule has 0 fully saturated rings. The van der Waals surface area contributed by atoms with Crippen LogP contribution in [0, 0.1) is 6.92 Å². The van der Waals surface area contributed by atoms with Gasteiger partial charge in [-0.3, -0.25) is 0 Å². The first-order valence-electron chi connectivity index (χ1n) is 10.1. The molecule has 0 saturated heterocycles. The molecule has 0 saturated carbocycles. The van der Waals surface area contributed by atoms with Gasteiger partial charge in [0.15, 0.2) is 0 Å². The van der Waals surface area contributed by atoms with E-state index in [9.17, 15) is 1.37 Å². The van der Waals surface area contributed by atoms with Crippen LogP contribution in [0.1, 0.15) is 44.0 Å². The second-order valence-corrected chi connectivity index (χ2v) is 18.9. The number of rotatable bonds is 5. The molecule has 0 bridgehead atoms. The summed E-state index contributed by atoms with van der Waals surface area (Å²) in [5.41, 5.74) is 5.10. The van der Waals surface area contributed by atoms with Crippen LogP contribution in [-0.4, -0.2) is 23.2 Å². The molecular formula is C24H30GeN2. The minimum atomic E-state index is -2.22. The Hall–Kier alpha value is -1.94. The molecule has 2 nitrogen and oxygen atoms in total. The average molecular weight is 420 g/mol. The number of aromatic nitrogens is 2. The number of pyridine rings is 2. The molecule has 3 rings (SSSR count). The summed E-state index contributed by atoms with van der Waals surface area (Å²) in [5.74, 6) is 6.29. The van der Waals surface area contributed by atoms with E-state index in [2.05, 4.69) is 42.4 Å². The van der Waals surface area contributed by atoms with Crippen LogP contribution >= 0.6 is 0 Å². The normalized spacial score (nSPS) is 15.7. The van der Waals surface area contributed by atoms with Crippen molar-refractivity contribution in [2.75, 3.05) is 0 Å². The summed E-state index contributed by atoms with van der Waals surface area (Å²) in [7, 11) is 0. The molecule has 2 atom stereocenters. The van der Waals surface area contributed by atoms with E-state index in [1.165, 1.54) is 4.40 Å². The average Bonchev–Trinajstić information content (AvgIpc) is 2.67. The van der Waals surface area contributed by atoms with E-state index < -0.39 is 19.2 Å². The van der Waals surface area contributed by atoms with Crippen LogP contribution in [0.4, 0.5) is 0 Å². The van der Waals surface area contributed by atoms with Crippen LogP contribution in [0.2, 0.25) is 17.3 Å². The molecule has 140 valence electrons. The summed E-state index contributed by atoms with van der Waals surface area (Å²) in [5, 5.41) is 0. The zero-order valence-corrected chi connectivity index (χ0v) is 19.3. The van der Waals surface area contributed by atoms with Gasteiger partial charge in [-0.1, -0.05) is 0 Å². The van der Waals surface area contributed by atoms with Crippen molar-refractivity contribution < 1.29 is 1.37 Å². The molecular weight excluding hydrogens is 389 g/mol. The van der Waals surface area contributed by atoms with Crippen LogP contribution in [0.3, 0.4) is 0 Å². The third-order valence-electron chi connectivity index (χ3n) is 5.21. The SMILES string of the molecule is [2H]C(C)(c1cc(-c2ccccc2)nc[c]1[Ge]([CH3])([CH3])[CH3])C(C)c1cccc(C)n1. The summed E-state index contributed by atoms with van der Waals surface area (Å²) in [6.07, 6.45) is 2.04. The first-order valence-corrected chi connectivity index (χ1v) is 16.9. The Bertz CT molecular complexity index is 962. The Kier molecular flexibility index (Phi) is 5.44. The van der Waals surface area contributed by atoms with Crippen molar-refractivity contribution >= 4 is 17.7 Å². The second kappa shape index (κ2) is 7.97. The van der Waals surface area contributed by atoms with Gasteiger partial charge in [0, 0.05) is 0 Å². The molecule has 0 radical (unpaired) electrons. The van der Waals surface area contributed by atoms with Crippen molar-refractivity contribution in [1.29, 1.82) is 0 Å². The summed E-state index contributed by atoms with van der Waals surface area (Å²) in [4.78, 5) is 9.50. The van der Waals surface area contributed by atoms with E-state index in [1.807, 2.05) is 56.4 Å². The molecule has 2 aromatic heterocycles. The maximum atomic E-state index is 9.42. The molecule has 27 heavy (non-hydrogen) atoms. The Morgan fingerprint density at radius 3 is 2.30 bits per heavy atom. The summed E-state index contributed by atoms with van der Waals surface area (Å²) >= 11 is -2.22. The molecule has 3 heteroatoms. The van der Waals surface area contributed by atoms with Crippen molar-refractivity contribution in [3.05, 3.63) is 77.7 Å². The zero-order valence-electron chi connectivity index (χ0n) is 18.2. The van der Waals surface area contributed by atoms with Crippen LogP contribution < -0.4 is 4.40 Å². The van der Waals surface area contributed by atoms with Gasteiger partial charge in [0.1, 0.15) is 0 Å². The molecule has 0 aliphatic rings. The molecule has 1 aromatic carbocycles. The standard InChI is InChI=1S/C24H30GeN2/c1-17-11-10-14-23(27-17)19(3)18(2)21-15-24(20-12-8-7-9-13-20)26-16-22(21)25(4,5)6/h7-16,18-19H,1-6H3/i18D. The fourth-order valence-electron chi connectivity index (χ4n) is 3.41. The summed E-state index contributed by atoms with van der Waals surface area (Å²) < 4.78 is 10.7. The fraction of sp³-hybridized carbons (Fsp3) is 0.333. The topological polar surface area (TPSA) is 25.8 Å². The van der Waals surface area contributed by atoms with Gasteiger partial charge in [0.2, 0.25) is 0 Å². The van der Waals surface area contributed by atoms with Crippen molar-refractivity contribution in [3.8, 4) is 11.3 Å². The Morgan fingerprint density at radius 2 is 1.67 bits per heavy atom. The van der Waals surface area contributed by atoms with E-state index in [0.717, 1.165) is 28.2 Å². The number of nitrogens with zero attached hydrogens (tertiary/aromatic N) is 2.